The maximum atomic E-state index is 12.5. The summed E-state index contributed by atoms with van der Waals surface area (Å²) in [6.45, 7) is 6.53. The molecule has 0 radical (unpaired) electrons. The van der Waals surface area contributed by atoms with E-state index in [9.17, 15) is 9.59 Å². The number of nitrogens with one attached hydrogen (secondary N) is 1. The van der Waals surface area contributed by atoms with E-state index in [2.05, 4.69) is 18.3 Å². The number of carbonyl (C=O) groups is 2. The van der Waals surface area contributed by atoms with Gasteiger partial charge in [-0.05, 0) is 36.8 Å². The molecule has 2 amide bonds. The maximum absolute atomic E-state index is 12.5. The van der Waals surface area contributed by atoms with Crippen molar-refractivity contribution >= 4 is 23.2 Å². The average Bonchev–Trinajstić information content (AvgIpc) is 2.82. The second kappa shape index (κ2) is 5.33. The third kappa shape index (κ3) is 2.66. The molecular weight excluding hydrogens is 260 g/mol. The van der Waals surface area contributed by atoms with Crippen LogP contribution in [0.4, 0.5) is 0 Å². The molecule has 1 fully saturated rings. The van der Waals surface area contributed by atoms with E-state index in [0.717, 1.165) is 6.42 Å². The molecule has 1 aliphatic heterocycles. The Balaban J connectivity index is 2.20. The van der Waals surface area contributed by atoms with Crippen molar-refractivity contribution < 1.29 is 9.59 Å². The van der Waals surface area contributed by atoms with Crippen LogP contribution in [-0.2, 0) is 22.6 Å². The van der Waals surface area contributed by atoms with Crippen LogP contribution in [0.5, 0.6) is 0 Å². The van der Waals surface area contributed by atoms with Gasteiger partial charge >= 0.3 is 0 Å². The lowest BCUT2D eigenvalue weighted by Crippen LogP contribution is -2.64. The molecule has 19 heavy (non-hydrogen) atoms. The van der Waals surface area contributed by atoms with E-state index in [1.807, 2.05) is 12.3 Å². The number of thiophene rings is 1. The Morgan fingerprint density at radius 2 is 2.16 bits per heavy atom. The Morgan fingerprint density at radius 1 is 1.42 bits per heavy atom. The molecule has 0 aliphatic carbocycles. The van der Waals surface area contributed by atoms with Crippen LogP contribution in [0.15, 0.2) is 11.4 Å². The molecule has 1 aromatic rings. The highest BCUT2D eigenvalue weighted by Crippen LogP contribution is 2.24. The van der Waals surface area contributed by atoms with Crippen molar-refractivity contribution in [3.63, 3.8) is 0 Å². The predicted octanol–water partition coefficient (Wildman–Crippen LogP) is 1.94. The highest BCUT2D eigenvalue weighted by atomic mass is 32.1. The molecule has 5 heteroatoms. The molecule has 1 unspecified atom stereocenters. The lowest BCUT2D eigenvalue weighted by atomic mass is 9.94. The molecule has 2 rings (SSSR count). The van der Waals surface area contributed by atoms with Gasteiger partial charge in [-0.2, -0.15) is 0 Å². The molecule has 1 atom stereocenters. The quantitative estimate of drug-likeness (QED) is 0.916. The molecule has 104 valence electrons. The molecule has 4 nitrogen and oxygen atoms in total. The van der Waals surface area contributed by atoms with Gasteiger partial charge in [0.25, 0.3) is 0 Å². The largest absolute Gasteiger partial charge is 0.340 e. The Morgan fingerprint density at radius 3 is 2.79 bits per heavy atom. The highest BCUT2D eigenvalue weighted by molar-refractivity contribution is 7.10. The summed E-state index contributed by atoms with van der Waals surface area (Å²) in [7, 11) is 0. The van der Waals surface area contributed by atoms with Gasteiger partial charge < -0.3 is 10.2 Å². The summed E-state index contributed by atoms with van der Waals surface area (Å²) in [6, 6.07) is 2.09. The first-order chi connectivity index (χ1) is 9.00. The van der Waals surface area contributed by atoms with Crippen LogP contribution in [0.2, 0.25) is 0 Å². The summed E-state index contributed by atoms with van der Waals surface area (Å²) in [6.07, 6.45) is 1.57. The second-order valence-corrected chi connectivity index (χ2v) is 6.12. The smallest absolute Gasteiger partial charge is 0.248 e. The predicted molar refractivity (Wildman–Crippen MR) is 76.0 cm³/mol. The first-order valence-electron chi connectivity index (χ1n) is 6.65. The molecule has 0 aromatic carbocycles. The van der Waals surface area contributed by atoms with Gasteiger partial charge in [0.1, 0.15) is 12.1 Å². The van der Waals surface area contributed by atoms with Crippen LogP contribution in [0.3, 0.4) is 0 Å². The van der Waals surface area contributed by atoms with Gasteiger partial charge in [-0.25, -0.2) is 0 Å². The minimum absolute atomic E-state index is 0.0186. The van der Waals surface area contributed by atoms with Crippen molar-refractivity contribution in [3.8, 4) is 0 Å². The summed E-state index contributed by atoms with van der Waals surface area (Å²) in [4.78, 5) is 27.1. The normalized spacial score (nSPS) is 23.6. The number of aryl methyl sites for hydroxylation is 1. The zero-order valence-electron chi connectivity index (χ0n) is 11.7. The van der Waals surface area contributed by atoms with E-state index in [-0.39, 0.29) is 18.4 Å². The van der Waals surface area contributed by atoms with Gasteiger partial charge in [0.05, 0.1) is 6.54 Å². The van der Waals surface area contributed by atoms with Crippen molar-refractivity contribution in [2.75, 3.05) is 6.54 Å². The van der Waals surface area contributed by atoms with E-state index in [4.69, 9.17) is 0 Å². The number of hydrogen-bond acceptors (Lipinski definition) is 3. The van der Waals surface area contributed by atoms with E-state index < -0.39 is 5.54 Å². The molecule has 2 heterocycles. The Hall–Kier alpha value is -1.36. The maximum Gasteiger partial charge on any atom is 0.248 e. The molecule has 0 spiro atoms. The summed E-state index contributed by atoms with van der Waals surface area (Å²) in [5, 5.41) is 4.85. The lowest BCUT2D eigenvalue weighted by molar-refractivity contribution is -0.149. The molecule has 0 saturated carbocycles. The van der Waals surface area contributed by atoms with Gasteiger partial charge in [0.15, 0.2) is 0 Å². The summed E-state index contributed by atoms with van der Waals surface area (Å²) < 4.78 is 0. The fourth-order valence-corrected chi connectivity index (χ4v) is 3.35. The van der Waals surface area contributed by atoms with Crippen LogP contribution in [-0.4, -0.2) is 28.8 Å². The Labute approximate surface area is 117 Å². The number of amides is 2. The van der Waals surface area contributed by atoms with E-state index in [1.165, 1.54) is 10.4 Å². The number of hydrogen-bond donors (Lipinski definition) is 1. The van der Waals surface area contributed by atoms with Gasteiger partial charge in [0.2, 0.25) is 11.8 Å². The van der Waals surface area contributed by atoms with Crippen molar-refractivity contribution in [1.82, 2.24) is 10.2 Å². The topological polar surface area (TPSA) is 49.4 Å². The monoisotopic (exact) mass is 280 g/mol. The third-order valence-corrected chi connectivity index (χ3v) is 4.72. The van der Waals surface area contributed by atoms with Gasteiger partial charge in [-0.1, -0.05) is 13.8 Å². The van der Waals surface area contributed by atoms with Crippen molar-refractivity contribution in [2.45, 2.75) is 45.7 Å². The van der Waals surface area contributed by atoms with Crippen LogP contribution >= 0.6 is 11.3 Å². The number of rotatable bonds is 4. The Bertz CT molecular complexity index is 497. The SMILES string of the molecule is CCc1ccsc1CN1CC(=O)NC(C)(CC)C1=O. The second-order valence-electron chi connectivity index (χ2n) is 5.12. The minimum atomic E-state index is -0.751. The lowest BCUT2D eigenvalue weighted by Gasteiger charge is -2.39. The zero-order valence-corrected chi connectivity index (χ0v) is 12.5. The molecular formula is C14H20N2O2S. The number of carbonyl (C=O) groups excluding carboxylic acids is 2. The van der Waals surface area contributed by atoms with Crippen molar-refractivity contribution in [3.05, 3.63) is 21.9 Å². The van der Waals surface area contributed by atoms with Crippen LogP contribution in [0.25, 0.3) is 0 Å². The van der Waals surface area contributed by atoms with Gasteiger partial charge in [-0.15, -0.1) is 11.3 Å². The molecule has 1 N–H and O–H groups in total. The van der Waals surface area contributed by atoms with Gasteiger partial charge in [-0.3, -0.25) is 9.59 Å². The first-order valence-corrected chi connectivity index (χ1v) is 7.53. The van der Waals surface area contributed by atoms with E-state index in [0.29, 0.717) is 13.0 Å². The first kappa shape index (κ1) is 14.1. The fraction of sp³-hybridized carbons (Fsp3) is 0.571. The molecule has 1 aromatic heterocycles. The Kier molecular flexibility index (Phi) is 3.94. The van der Waals surface area contributed by atoms with Crippen molar-refractivity contribution in [2.24, 2.45) is 0 Å². The molecule has 1 aliphatic rings. The van der Waals surface area contributed by atoms with Crippen molar-refractivity contribution in [1.29, 1.82) is 0 Å². The highest BCUT2D eigenvalue weighted by Gasteiger charge is 2.41. The fourth-order valence-electron chi connectivity index (χ4n) is 2.36. The number of piperazine rings is 1. The van der Waals surface area contributed by atoms with E-state index >= 15 is 0 Å². The third-order valence-electron chi connectivity index (χ3n) is 3.77. The minimum Gasteiger partial charge on any atom is -0.340 e. The number of nitrogens with zero attached hydrogens (tertiary/aromatic N) is 1. The molecule has 1 saturated heterocycles. The standard InChI is InChI=1S/C14H20N2O2S/c1-4-10-6-7-19-11(10)8-16-9-12(17)15-14(3,5-2)13(16)18/h6-7H,4-5,8-9H2,1-3H3,(H,15,17). The van der Waals surface area contributed by atoms with Crippen LogP contribution in [0, 0.1) is 0 Å². The zero-order chi connectivity index (χ0) is 14.0. The van der Waals surface area contributed by atoms with Crippen LogP contribution in [0.1, 0.15) is 37.6 Å². The summed E-state index contributed by atoms with van der Waals surface area (Å²) in [5.41, 5.74) is 0.515. The summed E-state index contributed by atoms with van der Waals surface area (Å²) >= 11 is 1.65. The molecule has 0 bridgehead atoms. The van der Waals surface area contributed by atoms with E-state index in [1.54, 1.807) is 23.2 Å². The summed E-state index contributed by atoms with van der Waals surface area (Å²) in [5.74, 6) is -0.0522. The van der Waals surface area contributed by atoms with Gasteiger partial charge in [0, 0.05) is 4.88 Å². The average molecular weight is 280 g/mol. The van der Waals surface area contributed by atoms with Crippen LogP contribution < -0.4 is 5.32 Å².